The van der Waals surface area contributed by atoms with Crippen LogP contribution in [0.5, 0.6) is 0 Å². The normalized spacial score (nSPS) is 6.71. The first-order chi connectivity index (χ1) is 6.74. The quantitative estimate of drug-likeness (QED) is 0.253. The summed E-state index contributed by atoms with van der Waals surface area (Å²) in [5.41, 5.74) is 27.0. The molecule has 0 bridgehead atoms. The molecule has 0 spiro atoms. The molecule has 0 aromatic carbocycles. The van der Waals surface area contributed by atoms with Crippen molar-refractivity contribution in [3.63, 3.8) is 0 Å². The molecule has 0 fully saturated rings. The zero-order valence-electron chi connectivity index (χ0n) is 8.93. The molecule has 6 heteroatoms. The average molecular weight is 198 g/mol. The Morgan fingerprint density at radius 1 is 0.643 bits per heavy atom. The molecule has 0 aliphatic carbocycles. The van der Waals surface area contributed by atoms with Gasteiger partial charge in [0.05, 0.1) is 0 Å². The third-order valence-corrected chi connectivity index (χ3v) is 1.46. The monoisotopic (exact) mass is 198 g/mol. The molecular formula is C8H18N6-2. The van der Waals surface area contributed by atoms with Crippen molar-refractivity contribution in [1.29, 1.82) is 0 Å². The van der Waals surface area contributed by atoms with Gasteiger partial charge in [0.2, 0.25) is 0 Å². The SMILES string of the molecule is CCCCCCCC.[N-]=[N+]=[N-].[N-]=[N+]=[N-]. The standard InChI is InChI=1S/C8H18.2N3/c1-3-5-7-8-6-4-2;2*1-3-2/h3-8H2,1-2H3;;/q;2*-1. The first-order valence-corrected chi connectivity index (χ1v) is 4.71. The highest BCUT2D eigenvalue weighted by Gasteiger charge is 1.83. The number of hydrogen-bond acceptors (Lipinski definition) is 0. The van der Waals surface area contributed by atoms with Crippen LogP contribution in [-0.4, -0.2) is 0 Å². The minimum Gasteiger partial charge on any atom is -0.373 e. The Balaban J connectivity index is -0.000000168. The van der Waals surface area contributed by atoms with Gasteiger partial charge >= 0.3 is 0 Å². The molecule has 0 atom stereocenters. The second kappa shape index (κ2) is 29.9. The van der Waals surface area contributed by atoms with Gasteiger partial charge in [0.15, 0.2) is 0 Å². The third kappa shape index (κ3) is 75.0. The Morgan fingerprint density at radius 3 is 1.00 bits per heavy atom. The molecule has 0 N–H and O–H groups in total. The van der Waals surface area contributed by atoms with Crippen molar-refractivity contribution in [2.45, 2.75) is 52.4 Å². The van der Waals surface area contributed by atoms with Gasteiger partial charge in [-0.3, -0.25) is 9.82 Å². The second-order valence-corrected chi connectivity index (χ2v) is 2.59. The predicted octanol–water partition coefficient (Wildman–Crippen LogP) is 5.10. The van der Waals surface area contributed by atoms with Crippen molar-refractivity contribution >= 4 is 0 Å². The van der Waals surface area contributed by atoms with E-state index in [1.807, 2.05) is 0 Å². The molecule has 82 valence electrons. The van der Waals surface area contributed by atoms with Crippen molar-refractivity contribution in [3.8, 4) is 0 Å². The van der Waals surface area contributed by atoms with Crippen molar-refractivity contribution in [2.75, 3.05) is 0 Å². The summed E-state index contributed by atoms with van der Waals surface area (Å²) >= 11 is 0. The van der Waals surface area contributed by atoms with Crippen LogP contribution >= 0.6 is 0 Å². The predicted molar refractivity (Wildman–Crippen MR) is 59.2 cm³/mol. The molecule has 6 nitrogen and oxygen atoms in total. The van der Waals surface area contributed by atoms with Gasteiger partial charge in [-0.25, -0.2) is 0 Å². The van der Waals surface area contributed by atoms with Crippen LogP contribution in [-0.2, 0) is 0 Å². The Kier molecular flexibility index (Phi) is 39.3. The fourth-order valence-electron chi connectivity index (χ4n) is 0.854. The van der Waals surface area contributed by atoms with Gasteiger partial charge in [-0.2, -0.15) is 0 Å². The summed E-state index contributed by atoms with van der Waals surface area (Å²) < 4.78 is 0. The fourth-order valence-corrected chi connectivity index (χ4v) is 0.854. The molecule has 0 radical (unpaired) electrons. The van der Waals surface area contributed by atoms with E-state index in [0.29, 0.717) is 0 Å². The molecule has 0 rings (SSSR count). The Bertz CT molecular complexity index is 126. The molecule has 0 aromatic rings. The summed E-state index contributed by atoms with van der Waals surface area (Å²) in [6.07, 6.45) is 8.49. The molecule has 0 saturated heterocycles. The van der Waals surface area contributed by atoms with Crippen LogP contribution < -0.4 is 0 Å². The van der Waals surface area contributed by atoms with Crippen molar-refractivity contribution in [3.05, 3.63) is 31.9 Å². The number of nitrogens with zero attached hydrogens (tertiary/aromatic N) is 6. The molecule has 0 aliphatic heterocycles. The molecular weight excluding hydrogens is 180 g/mol. The van der Waals surface area contributed by atoms with Crippen LogP contribution in [0.1, 0.15) is 52.4 Å². The third-order valence-electron chi connectivity index (χ3n) is 1.46. The van der Waals surface area contributed by atoms with E-state index in [2.05, 4.69) is 13.8 Å². The summed E-state index contributed by atoms with van der Waals surface area (Å²) in [5.74, 6) is 0. The smallest absolute Gasteiger partial charge is 0.0533 e. The number of unbranched alkanes of at least 4 members (excludes halogenated alkanes) is 5. The van der Waals surface area contributed by atoms with Crippen LogP contribution in [0.3, 0.4) is 0 Å². The fraction of sp³-hybridized carbons (Fsp3) is 1.00. The molecule has 0 amide bonds. The van der Waals surface area contributed by atoms with Crippen molar-refractivity contribution < 1.29 is 0 Å². The van der Waals surface area contributed by atoms with Gasteiger partial charge in [-0.05, 0) is 0 Å². The first-order valence-electron chi connectivity index (χ1n) is 4.71. The molecule has 0 heterocycles. The maximum atomic E-state index is 6.75. The highest BCUT2D eigenvalue weighted by atomic mass is 15.0. The lowest BCUT2D eigenvalue weighted by molar-refractivity contribution is 0.624. The van der Waals surface area contributed by atoms with E-state index < -0.39 is 0 Å². The first kappa shape index (κ1) is 18.4. The van der Waals surface area contributed by atoms with Gasteiger partial charge in [0.1, 0.15) is 0 Å². The maximum Gasteiger partial charge on any atom is -0.0533 e. The van der Waals surface area contributed by atoms with E-state index in [1.165, 1.54) is 48.3 Å². The second-order valence-electron chi connectivity index (χ2n) is 2.59. The minimum absolute atomic E-state index is 1.36. The minimum atomic E-state index is 1.36. The molecule has 0 aromatic heterocycles. The van der Waals surface area contributed by atoms with E-state index in [-0.39, 0.29) is 0 Å². The summed E-state index contributed by atoms with van der Waals surface area (Å²) in [5, 5.41) is 0. The molecule has 14 heavy (non-hydrogen) atoms. The van der Waals surface area contributed by atoms with E-state index in [4.69, 9.17) is 22.1 Å². The zero-order valence-corrected chi connectivity index (χ0v) is 8.93. The summed E-state index contributed by atoms with van der Waals surface area (Å²) in [6.45, 7) is 4.51. The van der Waals surface area contributed by atoms with Crippen LogP contribution in [0.4, 0.5) is 0 Å². The van der Waals surface area contributed by atoms with Crippen molar-refractivity contribution in [1.82, 2.24) is 0 Å². The lowest BCUT2D eigenvalue weighted by Gasteiger charge is -1.93. The van der Waals surface area contributed by atoms with E-state index in [1.54, 1.807) is 0 Å². The number of rotatable bonds is 5. The van der Waals surface area contributed by atoms with E-state index >= 15 is 0 Å². The van der Waals surface area contributed by atoms with Gasteiger partial charge < -0.3 is 22.1 Å². The van der Waals surface area contributed by atoms with Crippen LogP contribution in [0, 0.1) is 0 Å². The summed E-state index contributed by atoms with van der Waals surface area (Å²) in [4.78, 5) is 3.00. The highest BCUT2D eigenvalue weighted by Crippen LogP contribution is 2.03. The largest absolute Gasteiger partial charge is 0.373 e. The molecule has 0 aliphatic rings. The Hall–Kier alpha value is -1.38. The maximum absolute atomic E-state index is 6.75. The van der Waals surface area contributed by atoms with E-state index in [9.17, 15) is 0 Å². The van der Waals surface area contributed by atoms with Gasteiger partial charge in [0, 0.05) is 0 Å². The highest BCUT2D eigenvalue weighted by molar-refractivity contribution is 4.39. The summed E-state index contributed by atoms with van der Waals surface area (Å²) in [6, 6.07) is 0. The van der Waals surface area contributed by atoms with Gasteiger partial charge in [-0.15, -0.1) is 0 Å². The Labute approximate surface area is 85.2 Å². The van der Waals surface area contributed by atoms with Crippen LogP contribution in [0.2, 0.25) is 0 Å². The van der Waals surface area contributed by atoms with E-state index in [0.717, 1.165) is 0 Å². The molecule has 0 unspecified atom stereocenters. The lowest BCUT2D eigenvalue weighted by Crippen LogP contribution is -1.73. The average Bonchev–Trinajstić information content (AvgIpc) is 2.15. The topological polar surface area (TPSA) is 117 Å². The lowest BCUT2D eigenvalue weighted by atomic mass is 10.1. The Morgan fingerprint density at radius 2 is 0.857 bits per heavy atom. The van der Waals surface area contributed by atoms with Gasteiger partial charge in [-0.1, -0.05) is 52.4 Å². The van der Waals surface area contributed by atoms with Crippen LogP contribution in [0.15, 0.2) is 0 Å². The van der Waals surface area contributed by atoms with Crippen LogP contribution in [0.25, 0.3) is 31.9 Å². The zero-order chi connectivity index (χ0) is 11.7. The van der Waals surface area contributed by atoms with Gasteiger partial charge in [0.25, 0.3) is 0 Å². The van der Waals surface area contributed by atoms with Crippen molar-refractivity contribution in [2.24, 2.45) is 0 Å². The molecule has 0 saturated carbocycles. The summed E-state index contributed by atoms with van der Waals surface area (Å²) in [7, 11) is 0. The number of hydrogen-bond donors (Lipinski definition) is 0.